The van der Waals surface area contributed by atoms with Gasteiger partial charge in [-0.25, -0.2) is 9.97 Å². The van der Waals surface area contributed by atoms with Gasteiger partial charge in [-0.1, -0.05) is 12.1 Å². The van der Waals surface area contributed by atoms with Crippen LogP contribution in [0.15, 0.2) is 41.1 Å². The zero-order chi connectivity index (χ0) is 17.4. The minimum atomic E-state index is 0.452. The number of nitrogens with zero attached hydrogens (tertiary/aromatic N) is 5. The molecule has 0 unspecified atom stereocenters. The van der Waals surface area contributed by atoms with Crippen LogP contribution in [0, 0.1) is 11.3 Å². The summed E-state index contributed by atoms with van der Waals surface area (Å²) in [5, 5.41) is 11.7. The van der Waals surface area contributed by atoms with E-state index >= 15 is 0 Å². The van der Waals surface area contributed by atoms with Gasteiger partial charge >= 0.3 is 0 Å². The monoisotopic (exact) mass is 330 g/mol. The van der Waals surface area contributed by atoms with E-state index in [0.717, 1.165) is 22.2 Å². The Hall–Kier alpha value is -3.66. The van der Waals surface area contributed by atoms with Gasteiger partial charge in [0, 0.05) is 25.7 Å². The normalized spacial score (nSPS) is 11.4. The molecule has 122 valence electrons. The lowest BCUT2D eigenvalue weighted by Crippen LogP contribution is -1.95. The highest BCUT2D eigenvalue weighted by Gasteiger charge is 2.18. The van der Waals surface area contributed by atoms with E-state index in [1.165, 1.54) is 6.08 Å². The van der Waals surface area contributed by atoms with Gasteiger partial charge in [-0.3, -0.25) is 0 Å². The van der Waals surface area contributed by atoms with E-state index in [1.54, 1.807) is 19.5 Å². The number of imidazole rings is 1. The second kappa shape index (κ2) is 5.76. The second-order valence-corrected chi connectivity index (χ2v) is 5.52. The van der Waals surface area contributed by atoms with E-state index in [2.05, 4.69) is 20.3 Å². The molecule has 0 spiro atoms. The van der Waals surface area contributed by atoms with Crippen LogP contribution in [-0.4, -0.2) is 26.6 Å². The highest BCUT2D eigenvalue weighted by atomic mass is 16.4. The average molecular weight is 330 g/mol. The Bertz CT molecular complexity index is 1160. The maximum Gasteiger partial charge on any atom is 0.251 e. The first kappa shape index (κ1) is 14.9. The molecule has 0 aliphatic rings. The highest BCUT2D eigenvalue weighted by Crippen LogP contribution is 2.31. The van der Waals surface area contributed by atoms with E-state index in [-0.39, 0.29) is 0 Å². The number of nitriles is 1. The van der Waals surface area contributed by atoms with Gasteiger partial charge in [0.2, 0.25) is 5.89 Å². The number of aryl methyl sites for hydroxylation is 1. The fourth-order valence-corrected chi connectivity index (χ4v) is 2.79. The summed E-state index contributed by atoms with van der Waals surface area (Å²) in [5.74, 6) is 1.13. The zero-order valence-electron chi connectivity index (χ0n) is 13.7. The average Bonchev–Trinajstić information content (AvgIpc) is 3.23. The van der Waals surface area contributed by atoms with Crippen molar-refractivity contribution < 1.29 is 4.42 Å². The molecular weight excluding hydrogens is 316 g/mol. The number of benzene rings is 1. The Kier molecular flexibility index (Phi) is 3.43. The van der Waals surface area contributed by atoms with Crippen LogP contribution in [0.25, 0.3) is 39.8 Å². The van der Waals surface area contributed by atoms with Crippen molar-refractivity contribution >= 4 is 34.2 Å². The van der Waals surface area contributed by atoms with Gasteiger partial charge in [0.1, 0.15) is 11.0 Å². The molecular formula is C18H14N6O. The van der Waals surface area contributed by atoms with Crippen LogP contribution in [0.5, 0.6) is 0 Å². The summed E-state index contributed by atoms with van der Waals surface area (Å²) in [7, 11) is 3.71. The van der Waals surface area contributed by atoms with Gasteiger partial charge in [-0.2, -0.15) is 10.2 Å². The molecule has 1 aromatic carbocycles. The van der Waals surface area contributed by atoms with Crippen LogP contribution < -0.4 is 5.32 Å². The molecule has 0 aliphatic carbocycles. The van der Waals surface area contributed by atoms with Crippen molar-refractivity contribution in [1.82, 2.24) is 19.5 Å². The lowest BCUT2D eigenvalue weighted by Gasteiger charge is -2.00. The molecule has 0 atom stereocenters. The Balaban J connectivity index is 1.93. The first-order chi connectivity index (χ1) is 12.2. The van der Waals surface area contributed by atoms with Gasteiger partial charge in [0.05, 0.1) is 12.4 Å². The third-order valence-corrected chi connectivity index (χ3v) is 3.93. The Morgan fingerprint density at radius 2 is 2.16 bits per heavy atom. The fraction of sp³-hybridized carbons (Fsp3) is 0.111. The van der Waals surface area contributed by atoms with E-state index in [1.807, 2.05) is 41.9 Å². The maximum atomic E-state index is 8.67. The van der Waals surface area contributed by atoms with Gasteiger partial charge in [-0.15, -0.1) is 0 Å². The SMILES string of the molecule is CNc1nc2oc(-c3cccc(/C=C/C#N)c3)nc2c2c1ncn2C. The van der Waals surface area contributed by atoms with E-state index in [4.69, 9.17) is 9.68 Å². The number of nitrogens with one attached hydrogen (secondary N) is 1. The highest BCUT2D eigenvalue weighted by molar-refractivity contribution is 6.03. The quantitative estimate of drug-likeness (QED) is 0.579. The van der Waals surface area contributed by atoms with Crippen LogP contribution in [0.2, 0.25) is 0 Å². The van der Waals surface area contributed by atoms with Gasteiger partial charge < -0.3 is 14.3 Å². The summed E-state index contributed by atoms with van der Waals surface area (Å²) in [4.78, 5) is 13.5. The first-order valence-electron chi connectivity index (χ1n) is 7.67. The maximum absolute atomic E-state index is 8.67. The summed E-state index contributed by atoms with van der Waals surface area (Å²) >= 11 is 0. The second-order valence-electron chi connectivity index (χ2n) is 5.52. The molecule has 0 saturated carbocycles. The van der Waals surface area contributed by atoms with Crippen LogP contribution in [0.4, 0.5) is 5.82 Å². The Labute approximate surface area is 143 Å². The van der Waals surface area contributed by atoms with Crippen LogP contribution in [0.1, 0.15) is 5.56 Å². The first-order valence-corrected chi connectivity index (χ1v) is 7.67. The molecule has 7 nitrogen and oxygen atoms in total. The Morgan fingerprint density at radius 3 is 2.96 bits per heavy atom. The number of allylic oxidation sites excluding steroid dienone is 1. The summed E-state index contributed by atoms with van der Waals surface area (Å²) in [6.45, 7) is 0. The van der Waals surface area contributed by atoms with Crippen molar-refractivity contribution in [3.63, 3.8) is 0 Å². The molecule has 3 heterocycles. The summed E-state index contributed by atoms with van der Waals surface area (Å²) < 4.78 is 7.80. The van der Waals surface area contributed by atoms with Crippen molar-refractivity contribution in [2.45, 2.75) is 0 Å². The number of anilines is 1. The third-order valence-electron chi connectivity index (χ3n) is 3.93. The molecule has 4 rings (SSSR count). The standard InChI is InChI=1S/C18H14N6O/c1-20-16-13-15(24(2)10-21-13)14-18(23-16)25-17(22-14)12-7-3-5-11(9-12)6-4-8-19/h3-7,9-10H,1-2H3,(H,20,23)/b6-4+. The molecule has 0 fully saturated rings. The van der Waals surface area contributed by atoms with E-state index < -0.39 is 0 Å². The van der Waals surface area contributed by atoms with Crippen LogP contribution in [0.3, 0.4) is 0 Å². The van der Waals surface area contributed by atoms with Gasteiger partial charge in [0.15, 0.2) is 11.3 Å². The smallest absolute Gasteiger partial charge is 0.251 e. The third kappa shape index (κ3) is 2.40. The minimum absolute atomic E-state index is 0.452. The lowest BCUT2D eigenvalue weighted by molar-refractivity contribution is 0.608. The number of aromatic nitrogens is 4. The lowest BCUT2D eigenvalue weighted by atomic mass is 10.1. The number of fused-ring (bicyclic) bond motifs is 3. The molecule has 0 aliphatic heterocycles. The molecule has 4 aromatic rings. The number of pyridine rings is 1. The Morgan fingerprint density at radius 1 is 1.28 bits per heavy atom. The van der Waals surface area contributed by atoms with E-state index in [0.29, 0.717) is 22.9 Å². The van der Waals surface area contributed by atoms with Crippen molar-refractivity contribution in [3.8, 4) is 17.5 Å². The topological polar surface area (TPSA) is 92.6 Å². The summed E-state index contributed by atoms with van der Waals surface area (Å²) in [5.41, 5.74) is 4.46. The number of rotatable bonds is 3. The van der Waals surface area contributed by atoms with Crippen molar-refractivity contribution in [2.75, 3.05) is 12.4 Å². The fourth-order valence-electron chi connectivity index (χ4n) is 2.79. The summed E-state index contributed by atoms with van der Waals surface area (Å²) in [6, 6.07) is 9.62. The summed E-state index contributed by atoms with van der Waals surface area (Å²) in [6.07, 6.45) is 4.90. The molecule has 0 saturated heterocycles. The van der Waals surface area contributed by atoms with Crippen molar-refractivity contribution in [3.05, 3.63) is 42.2 Å². The van der Waals surface area contributed by atoms with Crippen LogP contribution >= 0.6 is 0 Å². The molecule has 7 heteroatoms. The zero-order valence-corrected chi connectivity index (χ0v) is 13.7. The molecule has 0 bridgehead atoms. The van der Waals surface area contributed by atoms with Gasteiger partial charge in [0.25, 0.3) is 5.71 Å². The predicted octanol–water partition coefficient (Wildman–Crippen LogP) is 3.35. The molecule has 0 amide bonds. The molecule has 1 N–H and O–H groups in total. The number of oxazole rings is 1. The largest absolute Gasteiger partial charge is 0.418 e. The van der Waals surface area contributed by atoms with Crippen molar-refractivity contribution in [1.29, 1.82) is 5.26 Å². The number of hydrogen-bond acceptors (Lipinski definition) is 6. The molecule has 3 aromatic heterocycles. The van der Waals surface area contributed by atoms with E-state index in [9.17, 15) is 0 Å². The molecule has 0 radical (unpaired) electrons. The number of hydrogen-bond donors (Lipinski definition) is 1. The van der Waals surface area contributed by atoms with Gasteiger partial charge in [-0.05, 0) is 23.8 Å². The van der Waals surface area contributed by atoms with Crippen molar-refractivity contribution in [2.24, 2.45) is 7.05 Å². The van der Waals surface area contributed by atoms with Crippen LogP contribution in [-0.2, 0) is 7.05 Å². The minimum Gasteiger partial charge on any atom is -0.418 e. The predicted molar refractivity (Wildman–Crippen MR) is 95.7 cm³/mol. The molecule has 25 heavy (non-hydrogen) atoms.